The molecule has 0 heterocycles. The standard InChI is InChI=1S/C6H11BF3.K/c1-5(2)4-6(3)7(8,9)10;/h4-5H,1-3H3;/q-1;+1. The maximum Gasteiger partial charge on any atom is 1.00 e. The third kappa shape index (κ3) is 7.59. The quantitative estimate of drug-likeness (QED) is 0.537. The van der Waals surface area contributed by atoms with Crippen molar-refractivity contribution in [3.05, 3.63) is 11.5 Å². The molecule has 0 unspecified atom stereocenters. The van der Waals surface area contributed by atoms with Crippen molar-refractivity contribution >= 4 is 6.98 Å². The molecular weight excluding hydrogens is 179 g/mol. The van der Waals surface area contributed by atoms with E-state index in [4.69, 9.17) is 0 Å². The van der Waals surface area contributed by atoms with Gasteiger partial charge in [-0.15, -0.1) is 11.5 Å². The van der Waals surface area contributed by atoms with Crippen LogP contribution < -0.4 is 51.4 Å². The summed E-state index contributed by atoms with van der Waals surface area (Å²) >= 11 is 0. The van der Waals surface area contributed by atoms with Crippen LogP contribution >= 0.6 is 0 Å². The van der Waals surface area contributed by atoms with Crippen LogP contribution in [0.4, 0.5) is 12.9 Å². The molecule has 0 nitrogen and oxygen atoms in total. The predicted octanol–water partition coefficient (Wildman–Crippen LogP) is -0.0207. The SMILES string of the molecule is CC(=CC(C)C)[B-](F)(F)F.[K+]. The first kappa shape index (κ1) is 14.7. The Labute approximate surface area is 108 Å². The molecule has 0 aliphatic carbocycles. The second-order valence-corrected chi connectivity index (χ2v) is 2.73. The first-order valence-corrected chi connectivity index (χ1v) is 3.22. The van der Waals surface area contributed by atoms with Gasteiger partial charge in [-0.3, -0.25) is 0 Å². The Hall–Kier alpha value is 1.23. The van der Waals surface area contributed by atoms with Gasteiger partial charge < -0.3 is 12.9 Å². The number of allylic oxidation sites excluding steroid dienone is 2. The molecule has 0 radical (unpaired) electrons. The van der Waals surface area contributed by atoms with Gasteiger partial charge in [0.1, 0.15) is 0 Å². The van der Waals surface area contributed by atoms with Crippen LogP contribution in [0.1, 0.15) is 20.8 Å². The molecule has 0 saturated carbocycles. The van der Waals surface area contributed by atoms with E-state index in [1.54, 1.807) is 13.8 Å². The Morgan fingerprint density at radius 1 is 1.27 bits per heavy atom. The maximum atomic E-state index is 11.8. The van der Waals surface area contributed by atoms with Gasteiger partial charge in [-0.25, -0.2) is 0 Å². The van der Waals surface area contributed by atoms with E-state index in [1.807, 2.05) is 0 Å². The fourth-order valence-corrected chi connectivity index (χ4v) is 0.635. The van der Waals surface area contributed by atoms with Crippen molar-refractivity contribution < 1.29 is 64.3 Å². The van der Waals surface area contributed by atoms with E-state index in [1.165, 1.54) is 6.08 Å². The second-order valence-electron chi connectivity index (χ2n) is 2.73. The smallest absolute Gasteiger partial charge is 0.445 e. The Balaban J connectivity index is 0. The van der Waals surface area contributed by atoms with Crippen molar-refractivity contribution in [2.75, 3.05) is 0 Å². The molecule has 0 spiro atoms. The van der Waals surface area contributed by atoms with Gasteiger partial charge in [0.15, 0.2) is 0 Å². The Bertz CT molecular complexity index is 139. The minimum atomic E-state index is -4.74. The van der Waals surface area contributed by atoms with Crippen molar-refractivity contribution in [2.24, 2.45) is 5.92 Å². The van der Waals surface area contributed by atoms with E-state index in [0.717, 1.165) is 6.92 Å². The fourth-order valence-electron chi connectivity index (χ4n) is 0.635. The molecule has 0 aromatic carbocycles. The average molecular weight is 190 g/mol. The van der Waals surface area contributed by atoms with Gasteiger partial charge in [-0.2, -0.15) is 0 Å². The number of rotatable bonds is 2. The molecule has 11 heavy (non-hydrogen) atoms. The molecule has 0 aliphatic rings. The van der Waals surface area contributed by atoms with Crippen LogP contribution in [-0.4, -0.2) is 6.98 Å². The molecule has 0 amide bonds. The molecule has 0 bridgehead atoms. The second kappa shape index (κ2) is 5.81. The fraction of sp³-hybridized carbons (Fsp3) is 0.667. The van der Waals surface area contributed by atoms with Crippen LogP contribution in [-0.2, 0) is 0 Å². The summed E-state index contributed by atoms with van der Waals surface area (Å²) in [7, 11) is 0. The molecule has 0 aliphatic heterocycles. The Kier molecular flexibility index (Phi) is 7.78. The Morgan fingerprint density at radius 2 is 1.64 bits per heavy atom. The molecule has 60 valence electrons. The van der Waals surface area contributed by atoms with Gasteiger partial charge in [0, 0.05) is 0 Å². The van der Waals surface area contributed by atoms with Crippen LogP contribution in [0, 0.1) is 5.92 Å². The number of hydrogen-bond acceptors (Lipinski definition) is 0. The summed E-state index contributed by atoms with van der Waals surface area (Å²) in [6.07, 6.45) is 1.24. The number of halogens is 3. The van der Waals surface area contributed by atoms with Crippen molar-refractivity contribution in [1.82, 2.24) is 0 Å². The van der Waals surface area contributed by atoms with Gasteiger partial charge in [0.25, 0.3) is 0 Å². The monoisotopic (exact) mass is 190 g/mol. The average Bonchev–Trinajstić information content (AvgIpc) is 1.60. The van der Waals surface area contributed by atoms with Crippen LogP contribution in [0.3, 0.4) is 0 Å². The molecule has 5 heteroatoms. The van der Waals surface area contributed by atoms with Gasteiger partial charge in [0.05, 0.1) is 0 Å². The summed E-state index contributed by atoms with van der Waals surface area (Å²) in [4.78, 5) is 0. The zero-order valence-electron chi connectivity index (χ0n) is 7.37. The molecule has 0 fully saturated rings. The zero-order valence-corrected chi connectivity index (χ0v) is 10.5. The minimum Gasteiger partial charge on any atom is -0.445 e. The van der Waals surface area contributed by atoms with E-state index in [9.17, 15) is 12.9 Å². The van der Waals surface area contributed by atoms with Crippen LogP contribution in [0.2, 0.25) is 0 Å². The summed E-state index contributed by atoms with van der Waals surface area (Å²) in [5, 5.41) is 0. The van der Waals surface area contributed by atoms with Gasteiger partial charge in [-0.1, -0.05) is 20.8 Å². The molecule has 0 N–H and O–H groups in total. The summed E-state index contributed by atoms with van der Waals surface area (Å²) in [6.45, 7) is -0.174. The Morgan fingerprint density at radius 3 is 1.73 bits per heavy atom. The van der Waals surface area contributed by atoms with Crippen molar-refractivity contribution in [2.45, 2.75) is 20.8 Å². The van der Waals surface area contributed by atoms with Crippen molar-refractivity contribution in [1.29, 1.82) is 0 Å². The molecule has 0 saturated heterocycles. The summed E-state index contributed by atoms with van der Waals surface area (Å²) < 4.78 is 35.4. The minimum absolute atomic E-state index is 0. The third-order valence-corrected chi connectivity index (χ3v) is 1.11. The predicted molar refractivity (Wildman–Crippen MR) is 37.7 cm³/mol. The van der Waals surface area contributed by atoms with Gasteiger partial charge in [-0.05, 0) is 5.92 Å². The molecule has 0 rings (SSSR count). The van der Waals surface area contributed by atoms with Crippen LogP contribution in [0.25, 0.3) is 0 Å². The van der Waals surface area contributed by atoms with E-state index >= 15 is 0 Å². The normalized spacial score (nSPS) is 13.2. The van der Waals surface area contributed by atoms with Crippen molar-refractivity contribution in [3.63, 3.8) is 0 Å². The van der Waals surface area contributed by atoms with E-state index in [-0.39, 0.29) is 57.3 Å². The van der Waals surface area contributed by atoms with Crippen molar-refractivity contribution in [3.8, 4) is 0 Å². The molecule has 0 atom stereocenters. The van der Waals surface area contributed by atoms with Gasteiger partial charge >= 0.3 is 58.4 Å². The molecular formula is C6H11BF3K. The first-order chi connectivity index (χ1) is 4.34. The molecule has 0 aromatic heterocycles. The summed E-state index contributed by atoms with van der Waals surface area (Å²) in [5.41, 5.74) is -0.449. The molecule has 0 aromatic rings. The van der Waals surface area contributed by atoms with E-state index in [2.05, 4.69) is 0 Å². The first-order valence-electron chi connectivity index (χ1n) is 3.22. The van der Waals surface area contributed by atoms with Crippen LogP contribution in [0.5, 0.6) is 0 Å². The van der Waals surface area contributed by atoms with Gasteiger partial charge in [0.2, 0.25) is 0 Å². The summed E-state index contributed by atoms with van der Waals surface area (Å²) in [6, 6.07) is 0. The third-order valence-electron chi connectivity index (χ3n) is 1.11. The zero-order chi connectivity index (χ0) is 8.36. The number of hydrogen-bond donors (Lipinski definition) is 0. The topological polar surface area (TPSA) is 0 Å². The summed E-state index contributed by atoms with van der Waals surface area (Å²) in [5.74, 6) is -0.0245. The largest absolute Gasteiger partial charge is 1.00 e. The van der Waals surface area contributed by atoms with E-state index in [0.29, 0.717) is 0 Å². The van der Waals surface area contributed by atoms with E-state index < -0.39 is 12.4 Å². The maximum absolute atomic E-state index is 11.8. The van der Waals surface area contributed by atoms with Crippen LogP contribution in [0.15, 0.2) is 11.5 Å².